The Balaban J connectivity index is 1.83. The van der Waals surface area contributed by atoms with Gasteiger partial charge in [0.15, 0.2) is 0 Å². The minimum Gasteiger partial charge on any atom is -0.474 e. The summed E-state index contributed by atoms with van der Waals surface area (Å²) in [5.74, 6) is 1.46. The van der Waals surface area contributed by atoms with E-state index in [1.807, 2.05) is 11.4 Å². The van der Waals surface area contributed by atoms with Crippen LogP contribution >= 0.6 is 22.9 Å². The molecule has 2 aromatic rings. The third-order valence-electron chi connectivity index (χ3n) is 3.50. The van der Waals surface area contributed by atoms with Gasteiger partial charge in [0.2, 0.25) is 11.2 Å². The Labute approximate surface area is 115 Å². The van der Waals surface area contributed by atoms with Crippen LogP contribution in [-0.2, 0) is 0 Å². The van der Waals surface area contributed by atoms with E-state index in [2.05, 4.69) is 16.9 Å². The van der Waals surface area contributed by atoms with Crippen LogP contribution in [-0.4, -0.2) is 16.1 Å². The van der Waals surface area contributed by atoms with E-state index in [9.17, 15) is 0 Å². The van der Waals surface area contributed by atoms with Crippen LogP contribution in [0.25, 0.3) is 10.2 Å². The largest absolute Gasteiger partial charge is 0.474 e. The van der Waals surface area contributed by atoms with E-state index >= 15 is 0 Å². The lowest BCUT2D eigenvalue weighted by Crippen LogP contribution is -2.23. The Morgan fingerprint density at radius 3 is 2.83 bits per heavy atom. The Kier molecular flexibility index (Phi) is 3.39. The highest BCUT2D eigenvalue weighted by Crippen LogP contribution is 2.32. The van der Waals surface area contributed by atoms with Crippen LogP contribution in [0.2, 0.25) is 5.28 Å². The average molecular weight is 283 g/mol. The smallest absolute Gasteiger partial charge is 0.227 e. The Hall–Kier alpha value is -0.870. The van der Waals surface area contributed by atoms with Gasteiger partial charge in [0, 0.05) is 0 Å². The number of halogens is 1. The zero-order valence-electron chi connectivity index (χ0n) is 10.2. The van der Waals surface area contributed by atoms with Gasteiger partial charge in [0.05, 0.1) is 5.39 Å². The molecule has 0 unspecified atom stereocenters. The summed E-state index contributed by atoms with van der Waals surface area (Å²) in [5.41, 5.74) is 0. The van der Waals surface area contributed by atoms with Crippen molar-refractivity contribution in [1.82, 2.24) is 9.97 Å². The number of aromatic nitrogens is 2. The van der Waals surface area contributed by atoms with Crippen molar-refractivity contribution >= 4 is 33.2 Å². The standard InChI is InChI=1S/C13H15ClN2OS/c1-8-2-4-9(5-3-8)17-11-10-6-7-18-12(10)16-13(14)15-11/h6-9H,2-5H2,1H3. The molecule has 0 bridgehead atoms. The zero-order chi connectivity index (χ0) is 12.5. The monoisotopic (exact) mass is 282 g/mol. The highest BCUT2D eigenvalue weighted by Gasteiger charge is 2.21. The van der Waals surface area contributed by atoms with Gasteiger partial charge in [0.1, 0.15) is 10.9 Å². The molecular weight excluding hydrogens is 268 g/mol. The average Bonchev–Trinajstić information content (AvgIpc) is 2.80. The van der Waals surface area contributed by atoms with E-state index in [1.165, 1.54) is 12.8 Å². The van der Waals surface area contributed by atoms with Crippen molar-refractivity contribution < 1.29 is 4.74 Å². The lowest BCUT2D eigenvalue weighted by molar-refractivity contribution is 0.132. The molecule has 2 aromatic heterocycles. The third kappa shape index (κ3) is 2.45. The maximum atomic E-state index is 6.03. The predicted molar refractivity (Wildman–Crippen MR) is 74.5 cm³/mol. The summed E-state index contributed by atoms with van der Waals surface area (Å²) < 4.78 is 6.03. The molecule has 0 radical (unpaired) electrons. The molecule has 1 fully saturated rings. The quantitative estimate of drug-likeness (QED) is 0.770. The van der Waals surface area contributed by atoms with Gasteiger partial charge in [-0.2, -0.15) is 4.98 Å². The first kappa shape index (κ1) is 12.2. The number of ether oxygens (including phenoxy) is 1. The van der Waals surface area contributed by atoms with Crippen LogP contribution in [0.4, 0.5) is 0 Å². The minimum absolute atomic E-state index is 0.268. The second-order valence-corrected chi connectivity index (χ2v) is 6.17. The van der Waals surface area contributed by atoms with Crippen LogP contribution in [0.3, 0.4) is 0 Å². The summed E-state index contributed by atoms with van der Waals surface area (Å²) in [6.45, 7) is 2.30. The summed E-state index contributed by atoms with van der Waals surface area (Å²) in [7, 11) is 0. The molecule has 0 spiro atoms. The molecule has 3 nitrogen and oxygen atoms in total. The number of nitrogens with zero attached hydrogens (tertiary/aromatic N) is 2. The molecule has 0 saturated heterocycles. The Morgan fingerprint density at radius 2 is 2.06 bits per heavy atom. The van der Waals surface area contributed by atoms with Gasteiger partial charge in [-0.05, 0) is 54.6 Å². The Morgan fingerprint density at radius 1 is 1.28 bits per heavy atom. The number of hydrogen-bond acceptors (Lipinski definition) is 4. The molecule has 1 aliphatic carbocycles. The van der Waals surface area contributed by atoms with E-state index in [0.717, 1.165) is 29.0 Å². The fourth-order valence-electron chi connectivity index (χ4n) is 2.40. The van der Waals surface area contributed by atoms with E-state index in [-0.39, 0.29) is 11.4 Å². The SMILES string of the molecule is CC1CCC(Oc2nc(Cl)nc3sccc23)CC1. The van der Waals surface area contributed by atoms with Gasteiger partial charge in [-0.1, -0.05) is 6.92 Å². The summed E-state index contributed by atoms with van der Waals surface area (Å²) >= 11 is 7.49. The second-order valence-electron chi connectivity index (χ2n) is 4.94. The van der Waals surface area contributed by atoms with Gasteiger partial charge >= 0.3 is 0 Å². The predicted octanol–water partition coefficient (Wildman–Crippen LogP) is 4.30. The second kappa shape index (κ2) is 5.02. The molecule has 96 valence electrons. The molecule has 0 amide bonds. The van der Waals surface area contributed by atoms with Crippen LogP contribution in [0.5, 0.6) is 5.88 Å². The molecule has 0 atom stereocenters. The first-order valence-corrected chi connectivity index (χ1v) is 7.55. The fraction of sp³-hybridized carbons (Fsp3) is 0.538. The van der Waals surface area contributed by atoms with Crippen LogP contribution in [0, 0.1) is 5.92 Å². The molecular formula is C13H15ClN2OS. The van der Waals surface area contributed by atoms with Crippen LogP contribution in [0.15, 0.2) is 11.4 Å². The third-order valence-corrected chi connectivity index (χ3v) is 4.48. The van der Waals surface area contributed by atoms with E-state index in [4.69, 9.17) is 16.3 Å². The summed E-state index contributed by atoms with van der Waals surface area (Å²) in [5, 5.41) is 3.23. The highest BCUT2D eigenvalue weighted by atomic mass is 35.5. The van der Waals surface area contributed by atoms with E-state index in [0.29, 0.717) is 5.88 Å². The normalized spacial score (nSPS) is 24.3. The molecule has 0 aromatic carbocycles. The first-order chi connectivity index (χ1) is 8.72. The molecule has 18 heavy (non-hydrogen) atoms. The summed E-state index contributed by atoms with van der Waals surface area (Å²) in [4.78, 5) is 9.32. The van der Waals surface area contributed by atoms with Gasteiger partial charge in [-0.15, -0.1) is 11.3 Å². The van der Waals surface area contributed by atoms with Crippen molar-refractivity contribution in [1.29, 1.82) is 0 Å². The van der Waals surface area contributed by atoms with Crippen molar-refractivity contribution in [2.45, 2.75) is 38.7 Å². The Bertz CT molecular complexity index is 549. The molecule has 5 heteroatoms. The lowest BCUT2D eigenvalue weighted by Gasteiger charge is -2.26. The van der Waals surface area contributed by atoms with Crippen LogP contribution in [0.1, 0.15) is 32.6 Å². The molecule has 0 N–H and O–H groups in total. The van der Waals surface area contributed by atoms with Gasteiger partial charge in [0.25, 0.3) is 0 Å². The van der Waals surface area contributed by atoms with Crippen molar-refractivity contribution in [3.8, 4) is 5.88 Å². The van der Waals surface area contributed by atoms with Crippen molar-refractivity contribution in [2.75, 3.05) is 0 Å². The van der Waals surface area contributed by atoms with Crippen LogP contribution < -0.4 is 4.74 Å². The number of rotatable bonds is 2. The van der Waals surface area contributed by atoms with Crippen molar-refractivity contribution in [2.24, 2.45) is 5.92 Å². The topological polar surface area (TPSA) is 35.0 Å². The molecule has 2 heterocycles. The maximum absolute atomic E-state index is 6.03. The van der Waals surface area contributed by atoms with E-state index in [1.54, 1.807) is 11.3 Å². The number of fused-ring (bicyclic) bond motifs is 1. The van der Waals surface area contributed by atoms with Crippen molar-refractivity contribution in [3.05, 3.63) is 16.7 Å². The molecule has 3 rings (SSSR count). The molecule has 0 aliphatic heterocycles. The number of thiophene rings is 1. The molecule has 1 aliphatic rings. The van der Waals surface area contributed by atoms with E-state index < -0.39 is 0 Å². The van der Waals surface area contributed by atoms with Crippen molar-refractivity contribution in [3.63, 3.8) is 0 Å². The van der Waals surface area contributed by atoms with Gasteiger partial charge in [-0.3, -0.25) is 0 Å². The van der Waals surface area contributed by atoms with Gasteiger partial charge in [-0.25, -0.2) is 4.98 Å². The maximum Gasteiger partial charge on any atom is 0.227 e. The zero-order valence-corrected chi connectivity index (χ0v) is 11.8. The summed E-state index contributed by atoms with van der Waals surface area (Å²) in [6.07, 6.45) is 4.95. The number of hydrogen-bond donors (Lipinski definition) is 0. The first-order valence-electron chi connectivity index (χ1n) is 6.30. The lowest BCUT2D eigenvalue weighted by atomic mass is 9.89. The highest BCUT2D eigenvalue weighted by molar-refractivity contribution is 7.16. The minimum atomic E-state index is 0.268. The van der Waals surface area contributed by atoms with Gasteiger partial charge < -0.3 is 4.74 Å². The fourth-order valence-corrected chi connectivity index (χ4v) is 3.36. The molecule has 1 saturated carbocycles. The summed E-state index contributed by atoms with van der Waals surface area (Å²) in [6, 6.07) is 2.00.